The van der Waals surface area contributed by atoms with Crippen molar-refractivity contribution in [2.45, 2.75) is 19.8 Å². The summed E-state index contributed by atoms with van der Waals surface area (Å²) in [5.41, 5.74) is 1.45. The van der Waals surface area contributed by atoms with Crippen molar-refractivity contribution in [2.75, 3.05) is 0 Å². The maximum Gasteiger partial charge on any atom is 0.348 e. The van der Waals surface area contributed by atoms with Crippen molar-refractivity contribution in [2.24, 2.45) is 0 Å². The smallest absolute Gasteiger partial charge is 0.348 e. The molecule has 5 heteroatoms. The van der Waals surface area contributed by atoms with Crippen LogP contribution in [0.25, 0.3) is 12.2 Å². The number of thiazole rings is 1. The standard InChI is InChI=1S/C15H14ClNO2S/c1-9(2)14-17-12(13(20-14)15(18)19)8-5-10-3-6-11(16)7-4-10/h3-9H,1-2H3,(H,18,19)/b8-5+. The first-order valence-corrected chi connectivity index (χ1v) is 7.34. The Morgan fingerprint density at radius 3 is 2.50 bits per heavy atom. The van der Waals surface area contributed by atoms with E-state index in [1.807, 2.05) is 32.1 Å². The van der Waals surface area contributed by atoms with E-state index in [0.29, 0.717) is 10.7 Å². The molecule has 1 aromatic carbocycles. The van der Waals surface area contributed by atoms with E-state index in [-0.39, 0.29) is 10.8 Å². The number of hydrogen-bond acceptors (Lipinski definition) is 3. The average Bonchev–Trinajstić information content (AvgIpc) is 2.82. The van der Waals surface area contributed by atoms with Gasteiger partial charge in [0, 0.05) is 10.9 Å². The van der Waals surface area contributed by atoms with Crippen LogP contribution in [0.4, 0.5) is 0 Å². The Morgan fingerprint density at radius 2 is 1.95 bits per heavy atom. The second-order valence-electron chi connectivity index (χ2n) is 4.61. The van der Waals surface area contributed by atoms with E-state index in [0.717, 1.165) is 10.6 Å². The van der Waals surface area contributed by atoms with Gasteiger partial charge in [-0.3, -0.25) is 0 Å². The van der Waals surface area contributed by atoms with Gasteiger partial charge >= 0.3 is 5.97 Å². The molecule has 3 nitrogen and oxygen atoms in total. The minimum Gasteiger partial charge on any atom is -0.477 e. The Morgan fingerprint density at radius 1 is 1.30 bits per heavy atom. The summed E-state index contributed by atoms with van der Waals surface area (Å²) in [6.45, 7) is 3.99. The summed E-state index contributed by atoms with van der Waals surface area (Å²) in [7, 11) is 0. The van der Waals surface area contributed by atoms with Crippen LogP contribution >= 0.6 is 22.9 Å². The fourth-order valence-electron chi connectivity index (χ4n) is 1.61. The molecule has 0 amide bonds. The maximum absolute atomic E-state index is 11.2. The number of nitrogens with zero attached hydrogens (tertiary/aromatic N) is 1. The van der Waals surface area contributed by atoms with Crippen LogP contribution in [0.15, 0.2) is 24.3 Å². The number of aromatic carboxylic acids is 1. The van der Waals surface area contributed by atoms with Gasteiger partial charge < -0.3 is 5.11 Å². The van der Waals surface area contributed by atoms with Crippen LogP contribution in [0, 0.1) is 0 Å². The number of carboxylic acid groups (broad SMARTS) is 1. The highest BCUT2D eigenvalue weighted by Gasteiger charge is 2.16. The number of rotatable bonds is 4. The Kier molecular flexibility index (Phi) is 4.57. The zero-order valence-corrected chi connectivity index (χ0v) is 12.7. The van der Waals surface area contributed by atoms with Gasteiger partial charge in [0.1, 0.15) is 4.88 Å². The van der Waals surface area contributed by atoms with Gasteiger partial charge in [-0.05, 0) is 23.8 Å². The zero-order chi connectivity index (χ0) is 14.7. The summed E-state index contributed by atoms with van der Waals surface area (Å²) < 4.78 is 0. The molecule has 0 bridgehead atoms. The van der Waals surface area contributed by atoms with E-state index >= 15 is 0 Å². The summed E-state index contributed by atoms with van der Waals surface area (Å²) in [5.74, 6) is -0.721. The van der Waals surface area contributed by atoms with E-state index in [1.165, 1.54) is 11.3 Å². The molecule has 1 heterocycles. The van der Waals surface area contributed by atoms with Gasteiger partial charge in [0.2, 0.25) is 0 Å². The highest BCUT2D eigenvalue weighted by Crippen LogP contribution is 2.26. The normalized spacial score (nSPS) is 11.4. The minimum absolute atomic E-state index is 0.218. The first-order chi connectivity index (χ1) is 9.47. The van der Waals surface area contributed by atoms with Gasteiger partial charge in [0.15, 0.2) is 0 Å². The number of halogens is 1. The number of carboxylic acids is 1. The number of carbonyl (C=O) groups is 1. The molecule has 0 saturated carbocycles. The highest BCUT2D eigenvalue weighted by molar-refractivity contribution is 7.13. The maximum atomic E-state index is 11.2. The third-order valence-corrected chi connectivity index (χ3v) is 4.27. The number of benzene rings is 1. The van der Waals surface area contributed by atoms with Crippen molar-refractivity contribution in [3.05, 3.63) is 50.4 Å². The molecule has 0 unspecified atom stereocenters. The molecule has 0 radical (unpaired) electrons. The predicted octanol–water partition coefficient (Wildman–Crippen LogP) is 4.79. The molecular weight excluding hydrogens is 294 g/mol. The highest BCUT2D eigenvalue weighted by atomic mass is 35.5. The zero-order valence-electron chi connectivity index (χ0n) is 11.1. The van der Waals surface area contributed by atoms with Crippen molar-refractivity contribution >= 4 is 41.1 Å². The molecule has 0 aliphatic heterocycles. The molecule has 0 aliphatic carbocycles. The summed E-state index contributed by atoms with van der Waals surface area (Å²) in [5, 5.41) is 10.7. The molecule has 1 N–H and O–H groups in total. The lowest BCUT2D eigenvalue weighted by molar-refractivity contribution is 0.0701. The van der Waals surface area contributed by atoms with Crippen LogP contribution in [0.3, 0.4) is 0 Å². The van der Waals surface area contributed by atoms with Crippen molar-refractivity contribution < 1.29 is 9.90 Å². The first-order valence-electron chi connectivity index (χ1n) is 6.15. The van der Waals surface area contributed by atoms with Crippen molar-refractivity contribution in [1.29, 1.82) is 0 Å². The van der Waals surface area contributed by atoms with Gasteiger partial charge in [-0.2, -0.15) is 0 Å². The summed E-state index contributed by atoms with van der Waals surface area (Å²) in [6, 6.07) is 7.32. The van der Waals surface area contributed by atoms with Gasteiger partial charge in [-0.1, -0.05) is 43.7 Å². The van der Waals surface area contributed by atoms with E-state index in [2.05, 4.69) is 4.98 Å². The number of hydrogen-bond donors (Lipinski definition) is 1. The van der Waals surface area contributed by atoms with E-state index in [4.69, 9.17) is 11.6 Å². The Hall–Kier alpha value is -1.65. The first kappa shape index (κ1) is 14.8. The van der Waals surface area contributed by atoms with Crippen LogP contribution in [-0.4, -0.2) is 16.1 Å². The molecule has 0 saturated heterocycles. The molecule has 0 spiro atoms. The molecule has 2 aromatic rings. The lowest BCUT2D eigenvalue weighted by Gasteiger charge is -1.95. The SMILES string of the molecule is CC(C)c1nc(/C=C/c2ccc(Cl)cc2)c(C(=O)O)s1. The van der Waals surface area contributed by atoms with E-state index < -0.39 is 5.97 Å². The Labute approximate surface area is 126 Å². The van der Waals surface area contributed by atoms with Crippen LogP contribution in [0.2, 0.25) is 5.02 Å². The minimum atomic E-state index is -0.940. The number of aromatic nitrogens is 1. The van der Waals surface area contributed by atoms with Gasteiger partial charge in [-0.15, -0.1) is 11.3 Å². The van der Waals surface area contributed by atoms with Crippen molar-refractivity contribution in [3.63, 3.8) is 0 Å². The van der Waals surface area contributed by atoms with Gasteiger partial charge in [-0.25, -0.2) is 9.78 Å². The van der Waals surface area contributed by atoms with E-state index in [9.17, 15) is 9.90 Å². The largest absolute Gasteiger partial charge is 0.477 e. The molecule has 0 aliphatic rings. The predicted molar refractivity (Wildman–Crippen MR) is 83.5 cm³/mol. The quantitative estimate of drug-likeness (QED) is 0.883. The molecule has 20 heavy (non-hydrogen) atoms. The molecule has 1 aromatic heterocycles. The van der Waals surface area contributed by atoms with Crippen molar-refractivity contribution in [1.82, 2.24) is 4.98 Å². The van der Waals surface area contributed by atoms with Crippen LogP contribution in [-0.2, 0) is 0 Å². The fourth-order valence-corrected chi connectivity index (χ4v) is 2.63. The van der Waals surface area contributed by atoms with Crippen LogP contribution < -0.4 is 0 Å². The third-order valence-electron chi connectivity index (χ3n) is 2.66. The summed E-state index contributed by atoms with van der Waals surface area (Å²) in [4.78, 5) is 15.9. The van der Waals surface area contributed by atoms with Gasteiger partial charge in [0.05, 0.1) is 10.7 Å². The summed E-state index contributed by atoms with van der Waals surface area (Å²) in [6.07, 6.45) is 3.57. The van der Waals surface area contributed by atoms with E-state index in [1.54, 1.807) is 18.2 Å². The molecule has 2 rings (SSSR count). The monoisotopic (exact) mass is 307 g/mol. The molecule has 104 valence electrons. The second kappa shape index (κ2) is 6.20. The van der Waals surface area contributed by atoms with Crippen molar-refractivity contribution in [3.8, 4) is 0 Å². The lowest BCUT2D eigenvalue weighted by atomic mass is 10.2. The lowest BCUT2D eigenvalue weighted by Crippen LogP contribution is -1.94. The Bertz CT molecular complexity index is 644. The summed E-state index contributed by atoms with van der Waals surface area (Å²) >= 11 is 7.05. The fraction of sp³-hybridized carbons (Fsp3) is 0.200. The second-order valence-corrected chi connectivity index (χ2v) is 6.08. The topological polar surface area (TPSA) is 50.2 Å². The molecular formula is C15H14ClNO2S. The third kappa shape index (κ3) is 3.46. The van der Waals surface area contributed by atoms with Crippen LogP contribution in [0.1, 0.15) is 45.7 Å². The Balaban J connectivity index is 2.32. The average molecular weight is 308 g/mol. The molecule has 0 fully saturated rings. The van der Waals surface area contributed by atoms with Gasteiger partial charge in [0.25, 0.3) is 0 Å². The van der Waals surface area contributed by atoms with Crippen LogP contribution in [0.5, 0.6) is 0 Å². The molecule has 0 atom stereocenters.